The fourth-order valence-electron chi connectivity index (χ4n) is 1.79. The number of nitrogens with zero attached hydrogens (tertiary/aromatic N) is 1. The molecule has 5 heteroatoms. The Morgan fingerprint density at radius 1 is 1.44 bits per heavy atom. The number of hydrogen-bond donors (Lipinski definition) is 2. The summed E-state index contributed by atoms with van der Waals surface area (Å²) in [5.41, 5.74) is 1.76. The second kappa shape index (κ2) is 5.84. The lowest BCUT2D eigenvalue weighted by atomic mass is 10.2. The zero-order valence-corrected chi connectivity index (χ0v) is 10.1. The molecule has 2 rings (SSSR count). The van der Waals surface area contributed by atoms with Crippen molar-refractivity contribution >= 4 is 17.3 Å². The highest BCUT2D eigenvalue weighted by Gasteiger charge is 2.19. The minimum atomic E-state index is -0.634. The van der Waals surface area contributed by atoms with Crippen LogP contribution in [0.5, 0.6) is 0 Å². The van der Waals surface area contributed by atoms with E-state index in [1.165, 1.54) is 0 Å². The molecule has 1 aromatic carbocycles. The summed E-state index contributed by atoms with van der Waals surface area (Å²) in [6, 6.07) is 7.50. The van der Waals surface area contributed by atoms with Gasteiger partial charge in [-0.05, 0) is 31.2 Å². The summed E-state index contributed by atoms with van der Waals surface area (Å²) in [6.07, 6.45) is -0.634. The van der Waals surface area contributed by atoms with E-state index in [9.17, 15) is 4.79 Å². The van der Waals surface area contributed by atoms with Gasteiger partial charge in [-0.25, -0.2) is 0 Å². The second-order valence-electron chi connectivity index (χ2n) is 4.18. The molecule has 1 aromatic rings. The quantitative estimate of drug-likeness (QED) is 0.822. The molecule has 0 unspecified atom stereocenters. The third-order valence-electron chi connectivity index (χ3n) is 2.71. The van der Waals surface area contributed by atoms with Gasteiger partial charge in [0.15, 0.2) is 0 Å². The zero-order chi connectivity index (χ0) is 13.0. The van der Waals surface area contributed by atoms with Crippen LogP contribution >= 0.6 is 0 Å². The average Bonchev–Trinajstić information content (AvgIpc) is 2.38. The Kier molecular flexibility index (Phi) is 4.17. The van der Waals surface area contributed by atoms with Crippen molar-refractivity contribution in [1.29, 1.82) is 0 Å². The van der Waals surface area contributed by atoms with Crippen molar-refractivity contribution in [3.05, 3.63) is 31.2 Å². The lowest BCUT2D eigenvalue weighted by Gasteiger charge is -2.27. The highest BCUT2D eigenvalue weighted by molar-refractivity contribution is 5.94. The van der Waals surface area contributed by atoms with E-state index >= 15 is 0 Å². The van der Waals surface area contributed by atoms with Crippen LogP contribution in [0.2, 0.25) is 0 Å². The minimum Gasteiger partial charge on any atom is -0.391 e. The molecular formula is C13H17N2O3. The highest BCUT2D eigenvalue weighted by atomic mass is 16.5. The first-order valence-corrected chi connectivity index (χ1v) is 5.90. The summed E-state index contributed by atoms with van der Waals surface area (Å²) in [4.78, 5) is 13.4. The number of carbonyl (C=O) groups is 1. The number of benzene rings is 1. The number of nitrogens with one attached hydrogen (secondary N) is 1. The van der Waals surface area contributed by atoms with Gasteiger partial charge in [-0.3, -0.25) is 4.79 Å². The molecule has 1 heterocycles. The predicted molar refractivity (Wildman–Crippen MR) is 69.5 cm³/mol. The monoisotopic (exact) mass is 249 g/mol. The molecule has 97 valence electrons. The maximum absolute atomic E-state index is 11.6. The molecular weight excluding hydrogens is 232 g/mol. The Morgan fingerprint density at radius 2 is 2.17 bits per heavy atom. The Morgan fingerprint density at radius 3 is 2.78 bits per heavy atom. The predicted octanol–water partition coefficient (Wildman–Crippen LogP) is 0.657. The van der Waals surface area contributed by atoms with Crippen molar-refractivity contribution < 1.29 is 14.6 Å². The standard InChI is InChI=1S/C13H17N2O3/c1-10(16)8-14-11-2-4-12(5-3-11)15-6-7-18-9-13(15)17/h2-5,10,14,16H,1,6-9H2/t10-/m0/s1. The largest absolute Gasteiger partial charge is 0.391 e. The van der Waals surface area contributed by atoms with Crippen molar-refractivity contribution in [2.24, 2.45) is 0 Å². The molecule has 1 amide bonds. The lowest BCUT2D eigenvalue weighted by molar-refractivity contribution is -0.125. The Hall–Kier alpha value is -1.59. The van der Waals surface area contributed by atoms with Gasteiger partial charge in [0.2, 0.25) is 0 Å². The van der Waals surface area contributed by atoms with E-state index < -0.39 is 6.10 Å². The first kappa shape index (κ1) is 12.9. The summed E-state index contributed by atoms with van der Waals surface area (Å²) in [5, 5.41) is 12.1. The number of aliphatic hydroxyl groups is 1. The van der Waals surface area contributed by atoms with Crippen molar-refractivity contribution in [2.75, 3.05) is 36.5 Å². The molecule has 1 fully saturated rings. The average molecular weight is 249 g/mol. The second-order valence-corrected chi connectivity index (χ2v) is 4.18. The Balaban J connectivity index is 2.00. The Labute approximate surface area is 106 Å². The van der Waals surface area contributed by atoms with Crippen LogP contribution in [0.1, 0.15) is 0 Å². The van der Waals surface area contributed by atoms with Gasteiger partial charge in [-0.2, -0.15) is 0 Å². The van der Waals surface area contributed by atoms with Crippen molar-refractivity contribution in [3.63, 3.8) is 0 Å². The van der Waals surface area contributed by atoms with Crippen LogP contribution in [-0.4, -0.2) is 43.4 Å². The van der Waals surface area contributed by atoms with Crippen LogP contribution in [0.25, 0.3) is 0 Å². The molecule has 18 heavy (non-hydrogen) atoms. The fraction of sp³-hybridized carbons (Fsp3) is 0.385. The number of rotatable bonds is 4. The molecule has 0 spiro atoms. The summed E-state index contributed by atoms with van der Waals surface area (Å²) in [7, 11) is 0. The third-order valence-corrected chi connectivity index (χ3v) is 2.71. The molecule has 0 saturated carbocycles. The van der Waals surface area contributed by atoms with Crippen LogP contribution in [0.3, 0.4) is 0 Å². The molecule has 1 radical (unpaired) electrons. The number of hydrogen-bond acceptors (Lipinski definition) is 4. The smallest absolute Gasteiger partial charge is 0.253 e. The molecule has 0 bridgehead atoms. The number of amides is 1. The van der Waals surface area contributed by atoms with E-state index in [2.05, 4.69) is 12.2 Å². The first-order chi connectivity index (χ1) is 8.66. The lowest BCUT2D eigenvalue weighted by Crippen LogP contribution is -2.41. The van der Waals surface area contributed by atoms with Gasteiger partial charge in [0.1, 0.15) is 6.61 Å². The van der Waals surface area contributed by atoms with E-state index in [1.807, 2.05) is 24.3 Å². The van der Waals surface area contributed by atoms with Crippen LogP contribution < -0.4 is 10.2 Å². The van der Waals surface area contributed by atoms with Crippen LogP contribution in [0.15, 0.2) is 24.3 Å². The SMILES string of the molecule is [CH2][C@H](O)CNc1ccc(N2CCOCC2=O)cc1. The van der Waals surface area contributed by atoms with Crippen molar-refractivity contribution in [1.82, 2.24) is 0 Å². The zero-order valence-electron chi connectivity index (χ0n) is 10.1. The molecule has 1 atom stereocenters. The topological polar surface area (TPSA) is 61.8 Å². The molecule has 0 aliphatic carbocycles. The molecule has 5 nitrogen and oxygen atoms in total. The number of carbonyl (C=O) groups excluding carboxylic acids is 1. The summed E-state index contributed by atoms with van der Waals surface area (Å²) in [5.74, 6) is -0.0184. The van der Waals surface area contributed by atoms with Crippen LogP contribution in [0, 0.1) is 6.92 Å². The first-order valence-electron chi connectivity index (χ1n) is 5.90. The maximum atomic E-state index is 11.6. The van der Waals surface area contributed by atoms with E-state index in [0.29, 0.717) is 19.7 Å². The maximum Gasteiger partial charge on any atom is 0.253 e. The van der Waals surface area contributed by atoms with E-state index in [4.69, 9.17) is 9.84 Å². The molecule has 1 aliphatic rings. The van der Waals surface area contributed by atoms with Gasteiger partial charge in [-0.15, -0.1) is 0 Å². The Bertz CT molecular complexity index is 403. The summed E-state index contributed by atoms with van der Waals surface area (Å²) >= 11 is 0. The van der Waals surface area contributed by atoms with Gasteiger partial charge in [-0.1, -0.05) is 0 Å². The van der Waals surface area contributed by atoms with E-state index in [0.717, 1.165) is 11.4 Å². The number of ether oxygens (including phenoxy) is 1. The van der Waals surface area contributed by atoms with Gasteiger partial charge < -0.3 is 20.1 Å². The van der Waals surface area contributed by atoms with Gasteiger partial charge in [0.25, 0.3) is 5.91 Å². The van der Waals surface area contributed by atoms with E-state index in [-0.39, 0.29) is 12.5 Å². The van der Waals surface area contributed by atoms with Crippen LogP contribution in [0.4, 0.5) is 11.4 Å². The number of morpholine rings is 1. The minimum absolute atomic E-state index is 0.0184. The van der Waals surface area contributed by atoms with Crippen molar-refractivity contribution in [3.8, 4) is 0 Å². The van der Waals surface area contributed by atoms with Gasteiger partial charge in [0.05, 0.1) is 12.7 Å². The number of anilines is 2. The molecule has 2 N–H and O–H groups in total. The van der Waals surface area contributed by atoms with E-state index in [1.54, 1.807) is 4.90 Å². The normalized spacial score (nSPS) is 17.7. The summed E-state index contributed by atoms with van der Waals surface area (Å²) < 4.78 is 5.08. The fourth-order valence-corrected chi connectivity index (χ4v) is 1.79. The summed E-state index contributed by atoms with van der Waals surface area (Å²) in [6.45, 7) is 5.18. The van der Waals surface area contributed by atoms with Gasteiger partial charge in [0, 0.05) is 24.5 Å². The molecule has 0 aromatic heterocycles. The third kappa shape index (κ3) is 3.21. The number of aliphatic hydroxyl groups excluding tert-OH is 1. The van der Waals surface area contributed by atoms with Crippen molar-refractivity contribution in [2.45, 2.75) is 6.10 Å². The molecule has 1 saturated heterocycles. The van der Waals surface area contributed by atoms with Gasteiger partial charge >= 0.3 is 0 Å². The van der Waals surface area contributed by atoms with Crippen LogP contribution in [-0.2, 0) is 9.53 Å². The highest BCUT2D eigenvalue weighted by Crippen LogP contribution is 2.19. The molecule has 1 aliphatic heterocycles.